The molecule has 0 aliphatic carbocycles. The summed E-state index contributed by atoms with van der Waals surface area (Å²) in [5.41, 5.74) is 1.45. The van der Waals surface area contributed by atoms with Gasteiger partial charge < -0.3 is 15.4 Å². The molecule has 0 spiro atoms. The number of ether oxygens (including phenoxy) is 1. The molecule has 1 unspecified atom stereocenters. The van der Waals surface area contributed by atoms with E-state index in [9.17, 15) is 10.1 Å². The predicted octanol–water partition coefficient (Wildman–Crippen LogP) is 4.70. The van der Waals surface area contributed by atoms with Gasteiger partial charge in [-0.3, -0.25) is 10.1 Å². The molecular formula is C20H21N5O3. The number of rotatable bonds is 8. The highest BCUT2D eigenvalue weighted by molar-refractivity contribution is 5.74. The van der Waals surface area contributed by atoms with E-state index in [2.05, 4.69) is 20.6 Å². The van der Waals surface area contributed by atoms with E-state index in [-0.39, 0.29) is 23.4 Å². The van der Waals surface area contributed by atoms with Gasteiger partial charge in [-0.1, -0.05) is 30.3 Å². The van der Waals surface area contributed by atoms with E-state index in [4.69, 9.17) is 4.74 Å². The molecule has 144 valence electrons. The van der Waals surface area contributed by atoms with Crippen LogP contribution in [0, 0.1) is 10.1 Å². The average molecular weight is 379 g/mol. The molecule has 0 aliphatic rings. The lowest BCUT2D eigenvalue weighted by Gasteiger charge is -2.16. The second kappa shape index (κ2) is 8.81. The fourth-order valence-electron chi connectivity index (χ4n) is 2.72. The van der Waals surface area contributed by atoms with Gasteiger partial charge in [0.1, 0.15) is 12.1 Å². The van der Waals surface area contributed by atoms with Crippen molar-refractivity contribution < 1.29 is 9.66 Å². The maximum atomic E-state index is 11.7. The lowest BCUT2D eigenvalue weighted by molar-refractivity contribution is -0.383. The smallest absolute Gasteiger partial charge is 0.353 e. The van der Waals surface area contributed by atoms with Gasteiger partial charge in [0.15, 0.2) is 0 Å². The summed E-state index contributed by atoms with van der Waals surface area (Å²) in [6.07, 6.45) is 1.30. The molecule has 28 heavy (non-hydrogen) atoms. The van der Waals surface area contributed by atoms with Crippen LogP contribution in [0.2, 0.25) is 0 Å². The minimum atomic E-state index is -0.489. The number of nitrogens with one attached hydrogen (secondary N) is 2. The number of hydrogen-bond donors (Lipinski definition) is 2. The predicted molar refractivity (Wildman–Crippen MR) is 108 cm³/mol. The molecule has 3 aromatic rings. The first kappa shape index (κ1) is 19.1. The van der Waals surface area contributed by atoms with Gasteiger partial charge in [0.05, 0.1) is 17.6 Å². The first-order chi connectivity index (χ1) is 13.6. The Morgan fingerprint density at radius 2 is 1.75 bits per heavy atom. The topological polar surface area (TPSA) is 102 Å². The molecule has 2 N–H and O–H groups in total. The normalized spacial score (nSPS) is 11.5. The van der Waals surface area contributed by atoms with E-state index >= 15 is 0 Å². The van der Waals surface area contributed by atoms with Crippen molar-refractivity contribution in [2.24, 2.45) is 0 Å². The highest BCUT2D eigenvalue weighted by atomic mass is 16.6. The van der Waals surface area contributed by atoms with Crippen LogP contribution in [0.15, 0.2) is 60.9 Å². The molecular weight excluding hydrogens is 358 g/mol. The zero-order chi connectivity index (χ0) is 19.9. The number of anilines is 3. The molecule has 0 amide bonds. The molecule has 0 saturated heterocycles. The Morgan fingerprint density at radius 3 is 2.39 bits per heavy atom. The Balaban J connectivity index is 1.86. The highest BCUT2D eigenvalue weighted by Gasteiger charge is 2.24. The van der Waals surface area contributed by atoms with Gasteiger partial charge in [-0.25, -0.2) is 9.97 Å². The zero-order valence-corrected chi connectivity index (χ0v) is 15.6. The van der Waals surface area contributed by atoms with Crippen molar-refractivity contribution >= 4 is 23.0 Å². The van der Waals surface area contributed by atoms with Crippen LogP contribution in [0.25, 0.3) is 0 Å². The summed E-state index contributed by atoms with van der Waals surface area (Å²) in [6.45, 7) is 4.39. The van der Waals surface area contributed by atoms with E-state index < -0.39 is 4.92 Å². The summed E-state index contributed by atoms with van der Waals surface area (Å²) in [5.74, 6) is 1.00. The Labute approximate surface area is 162 Å². The third kappa shape index (κ3) is 4.53. The largest absolute Gasteiger partial charge is 0.494 e. The standard InChI is InChI=1S/C20H21N5O3/c1-3-28-17-11-9-16(10-12-17)24-20-18(25(26)27)19(21-13-22-20)23-14(2)15-7-5-4-6-8-15/h4-14H,3H2,1-2H3,(H2,21,22,23,24). The molecule has 0 bridgehead atoms. The highest BCUT2D eigenvalue weighted by Crippen LogP contribution is 2.33. The maximum absolute atomic E-state index is 11.7. The monoisotopic (exact) mass is 379 g/mol. The number of benzene rings is 2. The lowest BCUT2D eigenvalue weighted by Crippen LogP contribution is -2.11. The molecule has 2 aromatic carbocycles. The van der Waals surface area contributed by atoms with Gasteiger partial charge in [-0.05, 0) is 43.7 Å². The van der Waals surface area contributed by atoms with E-state index in [0.717, 1.165) is 11.3 Å². The van der Waals surface area contributed by atoms with Crippen LogP contribution < -0.4 is 15.4 Å². The van der Waals surface area contributed by atoms with E-state index in [1.165, 1.54) is 6.33 Å². The third-order valence-electron chi connectivity index (χ3n) is 4.09. The zero-order valence-electron chi connectivity index (χ0n) is 15.6. The summed E-state index contributed by atoms with van der Waals surface area (Å²) >= 11 is 0. The van der Waals surface area contributed by atoms with Gasteiger partial charge in [0.25, 0.3) is 0 Å². The Morgan fingerprint density at radius 1 is 1.07 bits per heavy atom. The van der Waals surface area contributed by atoms with Crippen molar-refractivity contribution in [3.63, 3.8) is 0 Å². The molecule has 3 rings (SSSR count). The van der Waals surface area contributed by atoms with Crippen LogP contribution >= 0.6 is 0 Å². The lowest BCUT2D eigenvalue weighted by atomic mass is 10.1. The Bertz CT molecular complexity index is 932. The summed E-state index contributed by atoms with van der Waals surface area (Å²) in [6, 6.07) is 16.6. The SMILES string of the molecule is CCOc1ccc(Nc2ncnc(NC(C)c3ccccc3)c2[N+](=O)[O-])cc1. The molecule has 0 aliphatic heterocycles. The van der Waals surface area contributed by atoms with Crippen LogP contribution in [-0.4, -0.2) is 21.5 Å². The molecule has 8 nitrogen and oxygen atoms in total. The first-order valence-corrected chi connectivity index (χ1v) is 8.89. The van der Waals surface area contributed by atoms with Crippen molar-refractivity contribution in [3.8, 4) is 5.75 Å². The van der Waals surface area contributed by atoms with E-state index in [1.807, 2.05) is 44.2 Å². The number of nitro groups is 1. The Hall–Kier alpha value is -3.68. The van der Waals surface area contributed by atoms with Crippen LogP contribution in [0.5, 0.6) is 5.75 Å². The molecule has 0 fully saturated rings. The molecule has 1 atom stereocenters. The minimum absolute atomic E-state index is 0.118. The van der Waals surface area contributed by atoms with E-state index in [1.54, 1.807) is 24.3 Å². The fraction of sp³-hybridized carbons (Fsp3) is 0.200. The minimum Gasteiger partial charge on any atom is -0.494 e. The van der Waals surface area contributed by atoms with Crippen molar-refractivity contribution in [2.45, 2.75) is 19.9 Å². The summed E-state index contributed by atoms with van der Waals surface area (Å²) in [5, 5.41) is 17.8. The summed E-state index contributed by atoms with van der Waals surface area (Å²) in [7, 11) is 0. The van der Waals surface area contributed by atoms with Crippen LogP contribution in [-0.2, 0) is 0 Å². The fourth-order valence-corrected chi connectivity index (χ4v) is 2.72. The molecule has 1 aromatic heterocycles. The molecule has 1 heterocycles. The van der Waals surface area contributed by atoms with Crippen molar-refractivity contribution in [3.05, 3.63) is 76.6 Å². The van der Waals surface area contributed by atoms with Crippen LogP contribution in [0.1, 0.15) is 25.5 Å². The van der Waals surface area contributed by atoms with Crippen molar-refractivity contribution in [1.82, 2.24) is 9.97 Å². The number of hydrogen-bond acceptors (Lipinski definition) is 7. The second-order valence-corrected chi connectivity index (χ2v) is 6.04. The molecule has 8 heteroatoms. The number of aromatic nitrogens is 2. The first-order valence-electron chi connectivity index (χ1n) is 8.89. The molecule has 0 saturated carbocycles. The third-order valence-corrected chi connectivity index (χ3v) is 4.09. The summed E-state index contributed by atoms with van der Waals surface area (Å²) in [4.78, 5) is 19.4. The quantitative estimate of drug-likeness (QED) is 0.432. The molecule has 0 radical (unpaired) electrons. The number of nitrogens with zero attached hydrogens (tertiary/aromatic N) is 3. The van der Waals surface area contributed by atoms with Crippen LogP contribution in [0.3, 0.4) is 0 Å². The summed E-state index contributed by atoms with van der Waals surface area (Å²) < 4.78 is 5.41. The van der Waals surface area contributed by atoms with Gasteiger partial charge in [-0.15, -0.1) is 0 Å². The van der Waals surface area contributed by atoms with Crippen LogP contribution in [0.4, 0.5) is 23.0 Å². The second-order valence-electron chi connectivity index (χ2n) is 6.04. The van der Waals surface area contributed by atoms with Crippen molar-refractivity contribution in [1.29, 1.82) is 0 Å². The van der Waals surface area contributed by atoms with E-state index in [0.29, 0.717) is 12.3 Å². The van der Waals surface area contributed by atoms with Crippen molar-refractivity contribution in [2.75, 3.05) is 17.2 Å². The van der Waals surface area contributed by atoms with Gasteiger partial charge >= 0.3 is 5.69 Å². The maximum Gasteiger partial charge on any atom is 0.353 e. The average Bonchev–Trinajstić information content (AvgIpc) is 2.70. The van der Waals surface area contributed by atoms with Gasteiger partial charge in [0, 0.05) is 5.69 Å². The Kier molecular flexibility index (Phi) is 6.01. The van der Waals surface area contributed by atoms with Gasteiger partial charge in [0.2, 0.25) is 11.6 Å². The van der Waals surface area contributed by atoms with Gasteiger partial charge in [-0.2, -0.15) is 0 Å².